The Morgan fingerprint density at radius 3 is 2.75 bits per heavy atom. The highest BCUT2D eigenvalue weighted by molar-refractivity contribution is 5.05. The Hall–Kier alpha value is -0.830. The molecule has 1 aromatic heterocycles. The third-order valence-electron chi connectivity index (χ3n) is 2.74. The van der Waals surface area contributed by atoms with E-state index in [0.29, 0.717) is 0 Å². The summed E-state index contributed by atoms with van der Waals surface area (Å²) in [5.41, 5.74) is 7.00. The van der Waals surface area contributed by atoms with Gasteiger partial charge in [-0.2, -0.15) is 5.10 Å². The van der Waals surface area contributed by atoms with Crippen LogP contribution in [0.3, 0.4) is 0 Å². The van der Waals surface area contributed by atoms with E-state index in [1.54, 1.807) is 0 Å². The van der Waals surface area contributed by atoms with E-state index >= 15 is 0 Å². The van der Waals surface area contributed by atoms with Gasteiger partial charge in [0.15, 0.2) is 0 Å². The molecule has 1 atom stereocenters. The molecule has 0 radical (unpaired) electrons. The molecule has 0 aliphatic carbocycles. The van der Waals surface area contributed by atoms with E-state index in [1.165, 1.54) is 37.7 Å². The van der Waals surface area contributed by atoms with Gasteiger partial charge >= 0.3 is 0 Å². The minimum atomic E-state index is 0.224. The minimum Gasteiger partial charge on any atom is -0.328 e. The Labute approximate surface area is 99.0 Å². The quantitative estimate of drug-likeness (QED) is 0.689. The van der Waals surface area contributed by atoms with Crippen LogP contribution in [0.1, 0.15) is 51.5 Å². The Morgan fingerprint density at radius 2 is 2.06 bits per heavy atom. The van der Waals surface area contributed by atoms with E-state index in [0.717, 1.165) is 13.0 Å². The van der Waals surface area contributed by atoms with E-state index in [-0.39, 0.29) is 6.04 Å². The van der Waals surface area contributed by atoms with E-state index in [9.17, 15) is 0 Å². The van der Waals surface area contributed by atoms with Crippen LogP contribution in [0.2, 0.25) is 0 Å². The molecule has 16 heavy (non-hydrogen) atoms. The third-order valence-corrected chi connectivity index (χ3v) is 2.74. The van der Waals surface area contributed by atoms with Crippen LogP contribution in [0.25, 0.3) is 0 Å². The van der Waals surface area contributed by atoms with Gasteiger partial charge in [-0.25, -0.2) is 0 Å². The number of rotatable bonds is 8. The zero-order valence-electron chi connectivity index (χ0n) is 10.7. The number of aromatic nitrogens is 2. The van der Waals surface area contributed by atoms with Gasteiger partial charge in [0.05, 0.1) is 6.20 Å². The molecule has 0 fully saturated rings. The normalized spacial score (nSPS) is 12.9. The average molecular weight is 223 g/mol. The molecule has 0 bridgehead atoms. The smallest absolute Gasteiger partial charge is 0.0522 e. The van der Waals surface area contributed by atoms with Gasteiger partial charge in [0.1, 0.15) is 0 Å². The van der Waals surface area contributed by atoms with Gasteiger partial charge < -0.3 is 5.73 Å². The number of aryl methyl sites for hydroxylation is 1. The van der Waals surface area contributed by atoms with Crippen LogP contribution in [0, 0.1) is 0 Å². The number of nitrogens with zero attached hydrogens (tertiary/aromatic N) is 2. The SMILES string of the molecule is CCCCCCCn1cc(CC(C)N)cn1. The molecule has 3 nitrogen and oxygen atoms in total. The van der Waals surface area contributed by atoms with Gasteiger partial charge in [-0.05, 0) is 25.3 Å². The Bertz CT molecular complexity index is 278. The number of nitrogens with two attached hydrogens (primary N) is 1. The Kier molecular flexibility index (Phi) is 6.16. The van der Waals surface area contributed by atoms with Crippen LogP contribution < -0.4 is 5.73 Å². The molecular weight excluding hydrogens is 198 g/mol. The molecule has 0 spiro atoms. The highest BCUT2D eigenvalue weighted by Crippen LogP contribution is 2.06. The third kappa shape index (κ3) is 5.31. The van der Waals surface area contributed by atoms with Crippen LogP contribution in [0.15, 0.2) is 12.4 Å². The molecule has 0 amide bonds. The van der Waals surface area contributed by atoms with Crippen LogP contribution >= 0.6 is 0 Å². The predicted molar refractivity (Wildman–Crippen MR) is 68.3 cm³/mol. The fourth-order valence-electron chi connectivity index (χ4n) is 1.88. The summed E-state index contributed by atoms with van der Waals surface area (Å²) < 4.78 is 2.05. The van der Waals surface area contributed by atoms with E-state index in [1.807, 2.05) is 17.8 Å². The molecule has 1 heterocycles. The molecule has 3 heteroatoms. The highest BCUT2D eigenvalue weighted by Gasteiger charge is 2.01. The second kappa shape index (κ2) is 7.44. The first kappa shape index (κ1) is 13.2. The molecular formula is C13H25N3. The van der Waals surface area contributed by atoms with Gasteiger partial charge in [0.2, 0.25) is 0 Å². The van der Waals surface area contributed by atoms with Crippen molar-refractivity contribution >= 4 is 0 Å². The maximum absolute atomic E-state index is 5.75. The standard InChI is InChI=1S/C13H25N3/c1-3-4-5-6-7-8-16-11-13(10-15-16)9-12(2)14/h10-12H,3-9,14H2,1-2H3. The van der Waals surface area contributed by atoms with Crippen LogP contribution in [0.5, 0.6) is 0 Å². The maximum Gasteiger partial charge on any atom is 0.0522 e. The van der Waals surface area contributed by atoms with Gasteiger partial charge in [0, 0.05) is 18.8 Å². The van der Waals surface area contributed by atoms with Crippen molar-refractivity contribution in [3.63, 3.8) is 0 Å². The van der Waals surface area contributed by atoms with Crippen molar-refractivity contribution < 1.29 is 0 Å². The van der Waals surface area contributed by atoms with Gasteiger partial charge in [-0.3, -0.25) is 4.68 Å². The van der Waals surface area contributed by atoms with Crippen molar-refractivity contribution in [2.75, 3.05) is 0 Å². The largest absolute Gasteiger partial charge is 0.328 e. The topological polar surface area (TPSA) is 43.8 Å². The predicted octanol–water partition coefficient (Wildman–Crippen LogP) is 2.74. The van der Waals surface area contributed by atoms with Crippen molar-refractivity contribution in [1.29, 1.82) is 0 Å². The second-order valence-corrected chi connectivity index (χ2v) is 4.71. The molecule has 0 saturated carbocycles. The zero-order chi connectivity index (χ0) is 11.8. The lowest BCUT2D eigenvalue weighted by atomic mass is 10.1. The summed E-state index contributed by atoms with van der Waals surface area (Å²) >= 11 is 0. The van der Waals surface area contributed by atoms with Crippen molar-refractivity contribution in [3.8, 4) is 0 Å². The number of hydrogen-bond acceptors (Lipinski definition) is 2. The van der Waals surface area contributed by atoms with Gasteiger partial charge in [0.25, 0.3) is 0 Å². The lowest BCUT2D eigenvalue weighted by Crippen LogP contribution is -2.17. The summed E-state index contributed by atoms with van der Waals surface area (Å²) in [4.78, 5) is 0. The molecule has 1 aromatic rings. The average Bonchev–Trinajstić information content (AvgIpc) is 2.64. The second-order valence-electron chi connectivity index (χ2n) is 4.71. The fourth-order valence-corrected chi connectivity index (χ4v) is 1.88. The van der Waals surface area contributed by atoms with Crippen molar-refractivity contribution in [3.05, 3.63) is 18.0 Å². The minimum absolute atomic E-state index is 0.224. The summed E-state index contributed by atoms with van der Waals surface area (Å²) in [6.45, 7) is 5.32. The lowest BCUT2D eigenvalue weighted by molar-refractivity contribution is 0.533. The van der Waals surface area contributed by atoms with Crippen LogP contribution in [-0.4, -0.2) is 15.8 Å². The maximum atomic E-state index is 5.75. The molecule has 0 aromatic carbocycles. The molecule has 0 aliphatic rings. The number of hydrogen-bond donors (Lipinski definition) is 1. The molecule has 1 rings (SSSR count). The molecule has 92 valence electrons. The first-order valence-electron chi connectivity index (χ1n) is 6.49. The first-order valence-corrected chi connectivity index (χ1v) is 6.49. The first-order chi connectivity index (χ1) is 7.72. The molecule has 0 saturated heterocycles. The van der Waals surface area contributed by atoms with Gasteiger partial charge in [-0.15, -0.1) is 0 Å². The lowest BCUT2D eigenvalue weighted by Gasteiger charge is -2.02. The summed E-state index contributed by atoms with van der Waals surface area (Å²) in [6.07, 6.45) is 11.6. The zero-order valence-corrected chi connectivity index (χ0v) is 10.7. The van der Waals surface area contributed by atoms with Crippen molar-refractivity contribution in [2.24, 2.45) is 5.73 Å². The monoisotopic (exact) mass is 223 g/mol. The summed E-state index contributed by atoms with van der Waals surface area (Å²) in [5, 5.41) is 4.35. The van der Waals surface area contributed by atoms with Crippen molar-refractivity contribution in [2.45, 2.75) is 65.0 Å². The van der Waals surface area contributed by atoms with Crippen LogP contribution in [0.4, 0.5) is 0 Å². The van der Waals surface area contributed by atoms with Crippen molar-refractivity contribution in [1.82, 2.24) is 9.78 Å². The van der Waals surface area contributed by atoms with E-state index in [4.69, 9.17) is 5.73 Å². The molecule has 0 aliphatic heterocycles. The number of unbranched alkanes of at least 4 members (excludes halogenated alkanes) is 4. The summed E-state index contributed by atoms with van der Waals surface area (Å²) in [7, 11) is 0. The Morgan fingerprint density at radius 1 is 1.31 bits per heavy atom. The van der Waals surface area contributed by atoms with Crippen LogP contribution in [-0.2, 0) is 13.0 Å². The molecule has 2 N–H and O–H groups in total. The van der Waals surface area contributed by atoms with E-state index < -0.39 is 0 Å². The fraction of sp³-hybridized carbons (Fsp3) is 0.769. The molecule has 1 unspecified atom stereocenters. The summed E-state index contributed by atoms with van der Waals surface area (Å²) in [5.74, 6) is 0. The van der Waals surface area contributed by atoms with E-state index in [2.05, 4.69) is 18.2 Å². The summed E-state index contributed by atoms with van der Waals surface area (Å²) in [6, 6.07) is 0.224. The Balaban J connectivity index is 2.19. The highest BCUT2D eigenvalue weighted by atomic mass is 15.3. The van der Waals surface area contributed by atoms with Gasteiger partial charge in [-0.1, -0.05) is 32.6 Å².